The van der Waals surface area contributed by atoms with E-state index in [1.54, 1.807) is 4.90 Å². The van der Waals surface area contributed by atoms with Gasteiger partial charge in [0.05, 0.1) is 6.04 Å². The van der Waals surface area contributed by atoms with Crippen molar-refractivity contribution in [3.8, 4) is 0 Å². The zero-order chi connectivity index (χ0) is 9.14. The average Bonchev–Trinajstić information content (AvgIpc) is 2.50. The zero-order valence-electron chi connectivity index (χ0n) is 7.25. The third-order valence-electron chi connectivity index (χ3n) is 2.18. The summed E-state index contributed by atoms with van der Waals surface area (Å²) in [4.78, 5) is 23.8. The number of Topliss-reactive ketones (excluding diaryl/α,β-unsaturated/α-hetero) is 1. The number of amides is 1. The molecule has 0 bridgehead atoms. The molecule has 0 aromatic rings. The monoisotopic (exact) mass is 167 g/mol. The average molecular weight is 167 g/mol. The Kier molecular flexibility index (Phi) is 2.63. The van der Waals surface area contributed by atoms with Crippen LogP contribution in [0, 0.1) is 0 Å². The third-order valence-corrected chi connectivity index (χ3v) is 2.18. The highest BCUT2D eigenvalue weighted by atomic mass is 16.2. The molecule has 0 aliphatic carbocycles. The van der Waals surface area contributed by atoms with Gasteiger partial charge >= 0.3 is 0 Å². The van der Waals surface area contributed by atoms with Crippen molar-refractivity contribution in [2.45, 2.75) is 25.8 Å². The van der Waals surface area contributed by atoms with Crippen LogP contribution < -0.4 is 0 Å². The molecule has 1 atom stereocenters. The maximum Gasteiger partial charge on any atom is 0.246 e. The molecule has 0 radical (unpaired) electrons. The van der Waals surface area contributed by atoms with Crippen molar-refractivity contribution in [2.75, 3.05) is 6.54 Å². The number of hydrogen-bond donors (Lipinski definition) is 0. The van der Waals surface area contributed by atoms with Crippen LogP contribution in [0.4, 0.5) is 0 Å². The predicted molar refractivity (Wildman–Crippen MR) is 45.6 cm³/mol. The molecular formula is C9H13NO2. The van der Waals surface area contributed by atoms with Crippen LogP contribution in [0.5, 0.6) is 0 Å². The summed E-state index contributed by atoms with van der Waals surface area (Å²) < 4.78 is 0. The SMILES string of the molecule is C=CC(=O)N1CCC[C@H]1C(C)=O. The van der Waals surface area contributed by atoms with E-state index in [0.29, 0.717) is 6.54 Å². The molecule has 0 spiro atoms. The second kappa shape index (κ2) is 3.52. The maximum atomic E-state index is 11.2. The van der Waals surface area contributed by atoms with Crippen molar-refractivity contribution >= 4 is 11.7 Å². The molecule has 1 fully saturated rings. The lowest BCUT2D eigenvalue weighted by Crippen LogP contribution is -2.38. The molecule has 1 aliphatic rings. The molecule has 0 aromatic heterocycles. The number of likely N-dealkylation sites (tertiary alicyclic amines) is 1. The summed E-state index contributed by atoms with van der Waals surface area (Å²) in [6, 6.07) is -0.199. The number of ketones is 1. The van der Waals surface area contributed by atoms with Gasteiger partial charge in [-0.1, -0.05) is 6.58 Å². The molecule has 12 heavy (non-hydrogen) atoms. The largest absolute Gasteiger partial charge is 0.329 e. The van der Waals surface area contributed by atoms with Gasteiger partial charge in [0.25, 0.3) is 0 Å². The minimum Gasteiger partial charge on any atom is -0.329 e. The summed E-state index contributed by atoms with van der Waals surface area (Å²) in [6.45, 7) is 5.61. The van der Waals surface area contributed by atoms with Crippen molar-refractivity contribution in [1.82, 2.24) is 4.90 Å². The molecule has 1 aliphatic heterocycles. The molecule has 66 valence electrons. The van der Waals surface area contributed by atoms with E-state index in [4.69, 9.17) is 0 Å². The molecule has 3 nitrogen and oxygen atoms in total. The Balaban J connectivity index is 2.69. The second-order valence-corrected chi connectivity index (χ2v) is 3.00. The molecule has 1 amide bonds. The fourth-order valence-corrected chi connectivity index (χ4v) is 1.57. The quantitative estimate of drug-likeness (QED) is 0.569. The Labute approximate surface area is 72.0 Å². The van der Waals surface area contributed by atoms with Crippen molar-refractivity contribution < 1.29 is 9.59 Å². The smallest absolute Gasteiger partial charge is 0.246 e. The summed E-state index contributed by atoms with van der Waals surface area (Å²) in [5, 5.41) is 0. The van der Waals surface area contributed by atoms with Crippen LogP contribution >= 0.6 is 0 Å². The third kappa shape index (κ3) is 1.55. The molecule has 1 saturated heterocycles. The number of hydrogen-bond acceptors (Lipinski definition) is 2. The van der Waals surface area contributed by atoms with E-state index < -0.39 is 0 Å². The van der Waals surface area contributed by atoms with Gasteiger partial charge in [-0.2, -0.15) is 0 Å². The first-order valence-electron chi connectivity index (χ1n) is 4.10. The Morgan fingerprint density at radius 3 is 2.75 bits per heavy atom. The summed E-state index contributed by atoms with van der Waals surface area (Å²) in [5.74, 6) is -0.0598. The molecule has 3 heteroatoms. The van der Waals surface area contributed by atoms with E-state index in [2.05, 4.69) is 6.58 Å². The topological polar surface area (TPSA) is 37.4 Å². The van der Waals surface area contributed by atoms with Gasteiger partial charge < -0.3 is 4.90 Å². The van der Waals surface area contributed by atoms with E-state index in [-0.39, 0.29) is 17.7 Å². The first-order valence-corrected chi connectivity index (χ1v) is 4.10. The Morgan fingerprint density at radius 1 is 1.58 bits per heavy atom. The maximum absolute atomic E-state index is 11.2. The van der Waals surface area contributed by atoms with Gasteiger partial charge in [-0.3, -0.25) is 9.59 Å². The Hall–Kier alpha value is -1.12. The minimum absolute atomic E-state index is 0.0719. The van der Waals surface area contributed by atoms with Gasteiger partial charge in [0, 0.05) is 6.54 Å². The molecule has 0 unspecified atom stereocenters. The zero-order valence-corrected chi connectivity index (χ0v) is 7.25. The Bertz CT molecular complexity index is 223. The lowest BCUT2D eigenvalue weighted by molar-refractivity contribution is -0.133. The summed E-state index contributed by atoms with van der Waals surface area (Å²) in [6.07, 6.45) is 2.99. The van der Waals surface area contributed by atoms with E-state index in [9.17, 15) is 9.59 Å². The van der Waals surface area contributed by atoms with Crippen molar-refractivity contribution in [2.24, 2.45) is 0 Å². The second-order valence-electron chi connectivity index (χ2n) is 3.00. The lowest BCUT2D eigenvalue weighted by Gasteiger charge is -2.20. The van der Waals surface area contributed by atoms with Gasteiger partial charge in [-0.15, -0.1) is 0 Å². The normalized spacial score (nSPS) is 22.4. The van der Waals surface area contributed by atoms with Crippen LogP contribution in [0.25, 0.3) is 0 Å². The Morgan fingerprint density at radius 2 is 2.25 bits per heavy atom. The molecule has 0 aromatic carbocycles. The van der Waals surface area contributed by atoms with Crippen LogP contribution in [-0.4, -0.2) is 29.2 Å². The highest BCUT2D eigenvalue weighted by Gasteiger charge is 2.30. The van der Waals surface area contributed by atoms with Crippen LogP contribution in [0.1, 0.15) is 19.8 Å². The van der Waals surface area contributed by atoms with Crippen LogP contribution in [0.15, 0.2) is 12.7 Å². The van der Waals surface area contributed by atoms with E-state index in [1.807, 2.05) is 0 Å². The number of nitrogens with zero attached hydrogens (tertiary/aromatic N) is 1. The summed E-state index contributed by atoms with van der Waals surface area (Å²) in [5.41, 5.74) is 0. The minimum atomic E-state index is -0.199. The number of rotatable bonds is 2. The van der Waals surface area contributed by atoms with Crippen LogP contribution in [-0.2, 0) is 9.59 Å². The lowest BCUT2D eigenvalue weighted by atomic mass is 10.1. The summed E-state index contributed by atoms with van der Waals surface area (Å²) in [7, 11) is 0. The highest BCUT2D eigenvalue weighted by molar-refractivity contribution is 5.93. The molecule has 0 saturated carbocycles. The van der Waals surface area contributed by atoms with Gasteiger partial charge in [0.1, 0.15) is 0 Å². The van der Waals surface area contributed by atoms with Crippen molar-refractivity contribution in [3.05, 3.63) is 12.7 Å². The van der Waals surface area contributed by atoms with E-state index in [0.717, 1.165) is 12.8 Å². The first-order chi connectivity index (χ1) is 5.66. The predicted octanol–water partition coefficient (Wildman–Crippen LogP) is 0.752. The van der Waals surface area contributed by atoms with Crippen molar-refractivity contribution in [1.29, 1.82) is 0 Å². The molecule has 0 N–H and O–H groups in total. The van der Waals surface area contributed by atoms with E-state index >= 15 is 0 Å². The van der Waals surface area contributed by atoms with Crippen molar-refractivity contribution in [3.63, 3.8) is 0 Å². The molecule has 1 rings (SSSR count). The summed E-state index contributed by atoms with van der Waals surface area (Å²) >= 11 is 0. The van der Waals surface area contributed by atoms with Crippen LogP contribution in [0.2, 0.25) is 0 Å². The number of carbonyl (C=O) groups excluding carboxylic acids is 2. The standard InChI is InChI=1S/C9H13NO2/c1-3-9(12)10-6-4-5-8(10)7(2)11/h3,8H,1,4-6H2,2H3/t8-/m0/s1. The van der Waals surface area contributed by atoms with Gasteiger partial charge in [-0.05, 0) is 25.8 Å². The van der Waals surface area contributed by atoms with Gasteiger partial charge in [-0.25, -0.2) is 0 Å². The fourth-order valence-electron chi connectivity index (χ4n) is 1.57. The number of carbonyl (C=O) groups is 2. The first kappa shape index (κ1) is 8.97. The fraction of sp³-hybridized carbons (Fsp3) is 0.556. The van der Waals surface area contributed by atoms with Crippen LogP contribution in [0.3, 0.4) is 0 Å². The van der Waals surface area contributed by atoms with Gasteiger partial charge in [0.15, 0.2) is 5.78 Å². The van der Waals surface area contributed by atoms with Gasteiger partial charge in [0.2, 0.25) is 5.91 Å². The molecule has 1 heterocycles. The molecular weight excluding hydrogens is 154 g/mol. The highest BCUT2D eigenvalue weighted by Crippen LogP contribution is 2.17. The van der Waals surface area contributed by atoms with E-state index in [1.165, 1.54) is 13.0 Å².